The summed E-state index contributed by atoms with van der Waals surface area (Å²) in [6.07, 6.45) is 0. The van der Waals surface area contributed by atoms with Crippen molar-refractivity contribution in [3.05, 3.63) is 17.0 Å². The molecule has 5 heteroatoms. The van der Waals surface area contributed by atoms with E-state index in [-0.39, 0.29) is 5.69 Å². The molecule has 1 amide bonds. The van der Waals surface area contributed by atoms with E-state index in [0.29, 0.717) is 0 Å². The van der Waals surface area contributed by atoms with Gasteiger partial charge in [0.1, 0.15) is 0 Å². The second kappa shape index (κ2) is 2.71. The van der Waals surface area contributed by atoms with Gasteiger partial charge in [-0.2, -0.15) is 5.10 Å². The van der Waals surface area contributed by atoms with E-state index in [9.17, 15) is 4.79 Å². The van der Waals surface area contributed by atoms with E-state index in [0.717, 1.165) is 11.3 Å². The number of H-pyrrole nitrogens is 1. The fraction of sp³-hybridized carbons (Fsp3) is 0.333. The first kappa shape index (κ1) is 7.74. The molecule has 0 saturated heterocycles. The van der Waals surface area contributed by atoms with Crippen molar-refractivity contribution in [2.24, 2.45) is 0 Å². The third kappa shape index (κ3) is 1.22. The number of amides is 1. The number of carbonyl (C=O) groups excluding carboxylic acids is 1. The van der Waals surface area contributed by atoms with Crippen molar-refractivity contribution >= 4 is 5.91 Å². The van der Waals surface area contributed by atoms with Crippen LogP contribution in [0.2, 0.25) is 0 Å². The maximum absolute atomic E-state index is 10.8. The largest absolute Gasteiger partial charge is 0.295 e. The number of aryl methyl sites for hydroxylation is 1. The highest BCUT2D eigenvalue weighted by molar-refractivity contribution is 5.92. The normalized spacial score (nSPS) is 9.73. The van der Waals surface area contributed by atoms with E-state index in [2.05, 4.69) is 10.2 Å². The van der Waals surface area contributed by atoms with E-state index in [1.165, 1.54) is 5.48 Å². The Morgan fingerprint density at radius 1 is 1.64 bits per heavy atom. The van der Waals surface area contributed by atoms with Crippen LogP contribution in [-0.2, 0) is 0 Å². The van der Waals surface area contributed by atoms with Crippen molar-refractivity contribution < 1.29 is 10.0 Å². The molecule has 0 fully saturated rings. The van der Waals surface area contributed by atoms with Gasteiger partial charge in [-0.3, -0.25) is 15.1 Å². The molecule has 0 aliphatic carbocycles. The molecule has 5 nitrogen and oxygen atoms in total. The highest BCUT2D eigenvalue weighted by Crippen LogP contribution is 2.06. The Labute approximate surface area is 63.4 Å². The van der Waals surface area contributed by atoms with E-state index in [4.69, 9.17) is 5.21 Å². The first-order chi connectivity index (χ1) is 5.16. The van der Waals surface area contributed by atoms with Gasteiger partial charge in [0.2, 0.25) is 0 Å². The number of rotatable bonds is 1. The van der Waals surface area contributed by atoms with Crippen LogP contribution < -0.4 is 5.48 Å². The summed E-state index contributed by atoms with van der Waals surface area (Å²) in [5.74, 6) is -0.591. The van der Waals surface area contributed by atoms with Gasteiger partial charge in [-0.25, -0.2) is 5.48 Å². The van der Waals surface area contributed by atoms with Crippen LogP contribution in [0.25, 0.3) is 0 Å². The van der Waals surface area contributed by atoms with Crippen LogP contribution in [0, 0.1) is 13.8 Å². The lowest BCUT2D eigenvalue weighted by Crippen LogP contribution is -2.19. The topological polar surface area (TPSA) is 78.0 Å². The molecular formula is C6H9N3O2. The number of nitrogens with zero attached hydrogens (tertiary/aromatic N) is 1. The van der Waals surface area contributed by atoms with Crippen LogP contribution in [0.1, 0.15) is 21.7 Å². The Balaban J connectivity index is 3.04. The third-order valence-electron chi connectivity index (χ3n) is 1.57. The standard InChI is InChI=1S/C6H9N3O2/c1-3-4(2)7-8-5(3)6(10)9-11/h11H,1-2H3,(H,7,8)(H,9,10). The lowest BCUT2D eigenvalue weighted by molar-refractivity contribution is 0.0700. The molecule has 0 aromatic carbocycles. The van der Waals surface area contributed by atoms with Crippen LogP contribution in [0.15, 0.2) is 0 Å². The Kier molecular flexibility index (Phi) is 1.91. The number of hydrogen-bond acceptors (Lipinski definition) is 3. The van der Waals surface area contributed by atoms with Crippen LogP contribution in [0.3, 0.4) is 0 Å². The van der Waals surface area contributed by atoms with Gasteiger partial charge < -0.3 is 0 Å². The molecule has 0 aliphatic heterocycles. The Morgan fingerprint density at radius 2 is 2.27 bits per heavy atom. The van der Waals surface area contributed by atoms with Gasteiger partial charge >= 0.3 is 0 Å². The molecule has 1 aromatic heterocycles. The molecule has 0 bridgehead atoms. The first-order valence-electron chi connectivity index (χ1n) is 3.12. The van der Waals surface area contributed by atoms with Gasteiger partial charge in [0.25, 0.3) is 5.91 Å². The molecule has 0 saturated carbocycles. The quantitative estimate of drug-likeness (QED) is 0.399. The maximum atomic E-state index is 10.8. The van der Waals surface area contributed by atoms with Gasteiger partial charge in [0.05, 0.1) is 0 Å². The molecule has 60 valence electrons. The summed E-state index contributed by atoms with van der Waals surface area (Å²) in [6, 6.07) is 0. The van der Waals surface area contributed by atoms with E-state index >= 15 is 0 Å². The zero-order chi connectivity index (χ0) is 8.43. The second-order valence-electron chi connectivity index (χ2n) is 2.26. The van der Waals surface area contributed by atoms with E-state index in [1.54, 1.807) is 13.8 Å². The van der Waals surface area contributed by atoms with Crippen LogP contribution in [0.5, 0.6) is 0 Å². The predicted octanol–water partition coefficient (Wildman–Crippen LogP) is 0.146. The highest BCUT2D eigenvalue weighted by Gasteiger charge is 2.12. The Bertz CT molecular complexity index is 279. The summed E-state index contributed by atoms with van der Waals surface area (Å²) in [5.41, 5.74) is 3.31. The van der Waals surface area contributed by atoms with Gasteiger partial charge in [0, 0.05) is 11.3 Å². The summed E-state index contributed by atoms with van der Waals surface area (Å²) in [7, 11) is 0. The monoisotopic (exact) mass is 155 g/mol. The molecule has 1 aromatic rings. The van der Waals surface area contributed by atoms with Crippen molar-refractivity contribution in [1.82, 2.24) is 15.7 Å². The van der Waals surface area contributed by atoms with Gasteiger partial charge in [-0.05, 0) is 13.8 Å². The summed E-state index contributed by atoms with van der Waals surface area (Å²) in [6.45, 7) is 3.56. The van der Waals surface area contributed by atoms with Crippen molar-refractivity contribution in [3.8, 4) is 0 Å². The lowest BCUT2D eigenvalue weighted by atomic mass is 10.2. The minimum atomic E-state index is -0.591. The summed E-state index contributed by atoms with van der Waals surface area (Å²) in [4.78, 5) is 10.8. The van der Waals surface area contributed by atoms with Gasteiger partial charge in [-0.1, -0.05) is 0 Å². The predicted molar refractivity (Wildman–Crippen MR) is 37.3 cm³/mol. The number of nitrogens with one attached hydrogen (secondary N) is 2. The number of aromatic nitrogens is 2. The number of hydrogen-bond donors (Lipinski definition) is 3. The van der Waals surface area contributed by atoms with E-state index < -0.39 is 5.91 Å². The third-order valence-corrected chi connectivity index (χ3v) is 1.57. The maximum Gasteiger partial charge on any atom is 0.295 e. The van der Waals surface area contributed by atoms with Crippen LogP contribution >= 0.6 is 0 Å². The zero-order valence-electron chi connectivity index (χ0n) is 6.30. The van der Waals surface area contributed by atoms with Crippen molar-refractivity contribution in [2.45, 2.75) is 13.8 Å². The van der Waals surface area contributed by atoms with Crippen LogP contribution in [0.4, 0.5) is 0 Å². The highest BCUT2D eigenvalue weighted by atomic mass is 16.5. The molecule has 3 N–H and O–H groups in total. The van der Waals surface area contributed by atoms with Gasteiger partial charge in [-0.15, -0.1) is 0 Å². The van der Waals surface area contributed by atoms with Gasteiger partial charge in [0.15, 0.2) is 5.69 Å². The van der Waals surface area contributed by atoms with Crippen molar-refractivity contribution in [1.29, 1.82) is 0 Å². The Morgan fingerprint density at radius 3 is 2.64 bits per heavy atom. The van der Waals surface area contributed by atoms with E-state index in [1.807, 2.05) is 0 Å². The summed E-state index contributed by atoms with van der Waals surface area (Å²) in [5, 5.41) is 14.6. The van der Waals surface area contributed by atoms with Crippen molar-refractivity contribution in [2.75, 3.05) is 0 Å². The average Bonchev–Trinajstić information content (AvgIpc) is 2.32. The molecule has 1 heterocycles. The molecule has 11 heavy (non-hydrogen) atoms. The first-order valence-corrected chi connectivity index (χ1v) is 3.12. The van der Waals surface area contributed by atoms with Crippen LogP contribution in [-0.4, -0.2) is 21.3 Å². The number of aromatic amines is 1. The summed E-state index contributed by atoms with van der Waals surface area (Å²) >= 11 is 0. The minimum Gasteiger partial charge on any atom is -0.288 e. The molecule has 0 unspecified atom stereocenters. The molecule has 1 rings (SSSR count). The van der Waals surface area contributed by atoms with Crippen molar-refractivity contribution in [3.63, 3.8) is 0 Å². The fourth-order valence-electron chi connectivity index (χ4n) is 0.759. The average molecular weight is 155 g/mol. The Hall–Kier alpha value is -1.36. The molecular weight excluding hydrogens is 146 g/mol. The minimum absolute atomic E-state index is 0.227. The molecule has 0 aliphatic rings. The number of carbonyl (C=O) groups is 1. The molecule has 0 spiro atoms. The number of hydroxylamine groups is 1. The molecule has 0 atom stereocenters. The SMILES string of the molecule is Cc1[nH]nc(C(=O)NO)c1C. The second-order valence-corrected chi connectivity index (χ2v) is 2.26. The molecule has 0 radical (unpaired) electrons. The lowest BCUT2D eigenvalue weighted by Gasteiger charge is -1.93. The fourth-order valence-corrected chi connectivity index (χ4v) is 0.759. The zero-order valence-corrected chi connectivity index (χ0v) is 6.30. The summed E-state index contributed by atoms with van der Waals surface area (Å²) < 4.78 is 0. The smallest absolute Gasteiger partial charge is 0.288 e.